The first kappa shape index (κ1) is 16.7. The van der Waals surface area contributed by atoms with E-state index in [1.54, 1.807) is 14.2 Å². The van der Waals surface area contributed by atoms with Crippen LogP contribution in [0, 0.1) is 17.8 Å². The highest BCUT2D eigenvalue weighted by atomic mass is 16.5. The topological polar surface area (TPSA) is 50.8 Å². The largest absolute Gasteiger partial charge is 0.497 e. The summed E-state index contributed by atoms with van der Waals surface area (Å²) in [4.78, 5) is 14.8. The van der Waals surface area contributed by atoms with Gasteiger partial charge in [0.1, 0.15) is 11.5 Å². The van der Waals surface area contributed by atoms with Gasteiger partial charge in [-0.1, -0.05) is 6.42 Å². The van der Waals surface area contributed by atoms with E-state index in [9.17, 15) is 4.79 Å². The Kier molecular flexibility index (Phi) is 4.59. The van der Waals surface area contributed by atoms with E-state index in [1.165, 1.54) is 24.8 Å². The van der Waals surface area contributed by atoms with Gasteiger partial charge in [0.2, 0.25) is 5.91 Å². The molecule has 5 heteroatoms. The molecule has 4 rings (SSSR count). The second-order valence-corrected chi connectivity index (χ2v) is 7.73. The van der Waals surface area contributed by atoms with Crippen LogP contribution in [0.1, 0.15) is 31.2 Å². The number of rotatable bonds is 6. The molecule has 136 valence electrons. The lowest BCUT2D eigenvalue weighted by molar-refractivity contribution is -0.123. The van der Waals surface area contributed by atoms with Crippen LogP contribution >= 0.6 is 0 Å². The number of hydrogen-bond acceptors (Lipinski definition) is 4. The summed E-state index contributed by atoms with van der Waals surface area (Å²) >= 11 is 0. The average molecular weight is 344 g/mol. The van der Waals surface area contributed by atoms with Crippen LogP contribution < -0.4 is 14.8 Å². The van der Waals surface area contributed by atoms with Crippen molar-refractivity contribution in [2.75, 3.05) is 27.3 Å². The maximum absolute atomic E-state index is 12.4. The molecule has 2 aliphatic carbocycles. The molecule has 1 heterocycles. The molecule has 25 heavy (non-hydrogen) atoms. The van der Waals surface area contributed by atoms with Gasteiger partial charge in [0.05, 0.1) is 14.2 Å². The predicted molar refractivity (Wildman–Crippen MR) is 95.7 cm³/mol. The standard InChI is InChI=1S/C20H28N2O3/c1-24-15-8-13(9-16(10-15)25-2)11-22-7-6-14(12-22)21-20(23)19-17-4-3-5-18(17)19/h8-10,14,17-19H,3-7,11-12H2,1-2H3,(H,21,23)/t14-,17-,18-/m0/s1. The molecule has 1 amide bonds. The number of nitrogens with one attached hydrogen (secondary N) is 1. The van der Waals surface area contributed by atoms with Crippen molar-refractivity contribution in [2.45, 2.75) is 38.3 Å². The summed E-state index contributed by atoms with van der Waals surface area (Å²) in [5, 5.41) is 3.30. The van der Waals surface area contributed by atoms with Crippen molar-refractivity contribution < 1.29 is 14.3 Å². The van der Waals surface area contributed by atoms with E-state index in [1.807, 2.05) is 6.07 Å². The SMILES string of the molecule is COc1cc(CN2CC[C@H](NC(=O)C3[C@H]4CCC[C@H]34)C2)cc(OC)c1. The van der Waals surface area contributed by atoms with E-state index in [0.29, 0.717) is 29.7 Å². The fraction of sp³-hybridized carbons (Fsp3) is 0.650. The number of benzene rings is 1. The normalized spacial score (nSPS) is 30.8. The van der Waals surface area contributed by atoms with Gasteiger partial charge in [-0.3, -0.25) is 9.69 Å². The molecule has 0 spiro atoms. The zero-order valence-corrected chi connectivity index (χ0v) is 15.2. The molecular weight excluding hydrogens is 316 g/mol. The van der Waals surface area contributed by atoms with Crippen molar-refractivity contribution >= 4 is 5.91 Å². The number of likely N-dealkylation sites (tertiary alicyclic amines) is 1. The smallest absolute Gasteiger partial charge is 0.223 e. The average Bonchev–Trinajstić information content (AvgIpc) is 2.95. The second kappa shape index (κ2) is 6.87. The van der Waals surface area contributed by atoms with E-state index in [4.69, 9.17) is 9.47 Å². The minimum Gasteiger partial charge on any atom is -0.497 e. The lowest BCUT2D eigenvalue weighted by atomic mass is 10.1. The minimum atomic E-state index is 0.293. The Hall–Kier alpha value is -1.75. The highest BCUT2D eigenvalue weighted by molar-refractivity contribution is 5.82. The summed E-state index contributed by atoms with van der Waals surface area (Å²) < 4.78 is 10.7. The molecule has 0 aromatic heterocycles. The van der Waals surface area contributed by atoms with Crippen molar-refractivity contribution in [1.29, 1.82) is 0 Å². The van der Waals surface area contributed by atoms with Gasteiger partial charge in [0.25, 0.3) is 0 Å². The molecule has 0 radical (unpaired) electrons. The van der Waals surface area contributed by atoms with Crippen molar-refractivity contribution in [2.24, 2.45) is 17.8 Å². The third kappa shape index (κ3) is 3.47. The van der Waals surface area contributed by atoms with Crippen molar-refractivity contribution in [3.8, 4) is 11.5 Å². The Morgan fingerprint density at radius 1 is 1.12 bits per heavy atom. The quantitative estimate of drug-likeness (QED) is 0.861. The minimum absolute atomic E-state index is 0.293. The Morgan fingerprint density at radius 2 is 1.80 bits per heavy atom. The van der Waals surface area contributed by atoms with E-state index < -0.39 is 0 Å². The van der Waals surface area contributed by atoms with Gasteiger partial charge in [-0.2, -0.15) is 0 Å². The monoisotopic (exact) mass is 344 g/mol. The summed E-state index contributed by atoms with van der Waals surface area (Å²) in [7, 11) is 3.35. The summed E-state index contributed by atoms with van der Waals surface area (Å²) in [5.74, 6) is 3.66. The second-order valence-electron chi connectivity index (χ2n) is 7.73. The number of fused-ring (bicyclic) bond motifs is 1. The maximum atomic E-state index is 12.4. The van der Waals surface area contributed by atoms with Gasteiger partial charge in [-0.25, -0.2) is 0 Å². The molecule has 0 unspecified atom stereocenters. The van der Waals surface area contributed by atoms with E-state index in [2.05, 4.69) is 22.3 Å². The molecule has 3 fully saturated rings. The number of hydrogen-bond donors (Lipinski definition) is 1. The van der Waals surface area contributed by atoms with Crippen molar-refractivity contribution in [1.82, 2.24) is 10.2 Å². The molecule has 5 nitrogen and oxygen atoms in total. The molecule has 0 bridgehead atoms. The van der Waals surface area contributed by atoms with Gasteiger partial charge < -0.3 is 14.8 Å². The molecule has 1 saturated heterocycles. The first-order valence-corrected chi connectivity index (χ1v) is 9.42. The molecule has 1 aromatic carbocycles. The lowest BCUT2D eigenvalue weighted by Gasteiger charge is -2.18. The van der Waals surface area contributed by atoms with Crippen molar-refractivity contribution in [3.05, 3.63) is 23.8 Å². The third-order valence-corrected chi connectivity index (χ3v) is 6.15. The van der Waals surface area contributed by atoms with Crippen LogP contribution in [0.4, 0.5) is 0 Å². The zero-order valence-electron chi connectivity index (χ0n) is 15.2. The van der Waals surface area contributed by atoms with Crippen LogP contribution in [-0.2, 0) is 11.3 Å². The van der Waals surface area contributed by atoms with Crippen LogP contribution in [0.3, 0.4) is 0 Å². The Bertz CT molecular complexity index is 616. The first-order chi connectivity index (χ1) is 12.2. The summed E-state index contributed by atoms with van der Waals surface area (Å²) in [6.07, 6.45) is 4.88. The first-order valence-electron chi connectivity index (χ1n) is 9.42. The number of nitrogens with zero attached hydrogens (tertiary/aromatic N) is 1. The fourth-order valence-electron chi connectivity index (χ4n) is 4.82. The van der Waals surface area contributed by atoms with Crippen LogP contribution in [0.15, 0.2) is 18.2 Å². The number of methoxy groups -OCH3 is 2. The van der Waals surface area contributed by atoms with E-state index in [0.717, 1.165) is 37.6 Å². The van der Waals surface area contributed by atoms with Gasteiger partial charge >= 0.3 is 0 Å². The van der Waals surface area contributed by atoms with Crippen LogP contribution in [0.5, 0.6) is 11.5 Å². The number of amides is 1. The van der Waals surface area contributed by atoms with Gasteiger partial charge in [0, 0.05) is 37.7 Å². The van der Waals surface area contributed by atoms with Gasteiger partial charge in [0.15, 0.2) is 0 Å². The number of carbonyl (C=O) groups excluding carboxylic acids is 1. The van der Waals surface area contributed by atoms with Crippen LogP contribution in [0.2, 0.25) is 0 Å². The molecule has 3 aliphatic rings. The zero-order chi connectivity index (χ0) is 17.4. The highest BCUT2D eigenvalue weighted by Gasteiger charge is 2.56. The molecule has 1 aromatic rings. The molecule has 2 saturated carbocycles. The maximum Gasteiger partial charge on any atom is 0.223 e. The number of ether oxygens (including phenoxy) is 2. The van der Waals surface area contributed by atoms with Crippen molar-refractivity contribution in [3.63, 3.8) is 0 Å². The van der Waals surface area contributed by atoms with Gasteiger partial charge in [-0.15, -0.1) is 0 Å². The highest BCUT2D eigenvalue weighted by Crippen LogP contribution is 2.57. The summed E-state index contributed by atoms with van der Waals surface area (Å²) in [6, 6.07) is 6.30. The van der Waals surface area contributed by atoms with Gasteiger partial charge in [-0.05, 0) is 48.8 Å². The summed E-state index contributed by atoms with van der Waals surface area (Å²) in [6.45, 7) is 2.80. The lowest BCUT2D eigenvalue weighted by Crippen LogP contribution is -2.38. The molecule has 1 N–H and O–H groups in total. The van der Waals surface area contributed by atoms with Crippen LogP contribution in [-0.4, -0.2) is 44.2 Å². The molecule has 1 aliphatic heterocycles. The van der Waals surface area contributed by atoms with E-state index in [-0.39, 0.29) is 0 Å². The third-order valence-electron chi connectivity index (χ3n) is 6.15. The van der Waals surface area contributed by atoms with E-state index >= 15 is 0 Å². The molecule has 3 atom stereocenters. The Labute approximate surface area is 149 Å². The Balaban J connectivity index is 1.30. The number of carbonyl (C=O) groups is 1. The van der Waals surface area contributed by atoms with Crippen LogP contribution in [0.25, 0.3) is 0 Å². The fourth-order valence-corrected chi connectivity index (χ4v) is 4.82. The Morgan fingerprint density at radius 3 is 2.44 bits per heavy atom. The summed E-state index contributed by atoms with van der Waals surface area (Å²) in [5.41, 5.74) is 1.18. The predicted octanol–water partition coefficient (Wildman–Crippen LogP) is 2.44. The molecular formula is C20H28N2O3.